The fraction of sp³-hybridized carbons (Fsp3) is 0.600. The van der Waals surface area contributed by atoms with Gasteiger partial charge < -0.3 is 28.7 Å². The number of pyridine rings is 1. The number of rotatable bonds is 7. The summed E-state index contributed by atoms with van der Waals surface area (Å²) in [6.45, 7) is 10.2. The number of nitrogens with zero attached hydrogens (tertiary/aromatic N) is 6. The minimum absolute atomic E-state index is 0.00333. The van der Waals surface area contributed by atoms with E-state index in [1.54, 1.807) is 11.8 Å². The number of aryl methyl sites for hydroxylation is 1. The lowest BCUT2D eigenvalue weighted by Crippen LogP contribution is -2.35. The standard InChI is InChI=1S/C35H44BrFN6O4/c1-21(44)42-15-8-11-27(42)28-18-26-32(43(28)23-12-16-41(19-23)34(45)47-35(2,3)4)25-17-22(9-6-13-38)29(36)30(37)31(25)39-33(26)46-20-24-10-7-14-40(24)5/h17-18,23-24,27H,6-12,14-16,19-20H2,1-5H3. The maximum Gasteiger partial charge on any atom is 0.410 e. The number of nitriles is 1. The molecule has 0 spiro atoms. The first-order valence-corrected chi connectivity index (χ1v) is 17.5. The maximum atomic E-state index is 16.3. The third kappa shape index (κ3) is 6.53. The zero-order chi connectivity index (χ0) is 33.6. The Labute approximate surface area is 283 Å². The highest BCUT2D eigenvalue weighted by Gasteiger charge is 2.38. The Morgan fingerprint density at radius 3 is 2.57 bits per heavy atom. The van der Waals surface area contributed by atoms with Crippen LogP contribution in [0.1, 0.15) is 89.6 Å². The number of fused-ring (bicyclic) bond motifs is 3. The molecule has 0 saturated carbocycles. The van der Waals surface area contributed by atoms with Crippen LogP contribution in [-0.2, 0) is 16.0 Å². The number of amides is 2. The zero-order valence-electron chi connectivity index (χ0n) is 27.9. The molecule has 3 unspecified atom stereocenters. The van der Waals surface area contributed by atoms with E-state index in [-0.39, 0.29) is 42.1 Å². The number of hydrogen-bond donors (Lipinski definition) is 0. The SMILES string of the molecule is CC(=O)N1CCCC1c1cc2c(OCC3CCCN3C)nc3c(F)c(Br)c(CCC#N)cc3c2n1C1CCN(C(=O)OC(C)(C)C)C1. The van der Waals surface area contributed by atoms with E-state index in [0.29, 0.717) is 60.4 Å². The van der Waals surface area contributed by atoms with Crippen LogP contribution in [0.25, 0.3) is 21.8 Å². The molecule has 0 aliphatic carbocycles. The number of carbonyl (C=O) groups is 2. The maximum absolute atomic E-state index is 16.3. The smallest absolute Gasteiger partial charge is 0.410 e. The second kappa shape index (κ2) is 13.2. The Hall–Kier alpha value is -3.43. The number of carbonyl (C=O) groups excluding carboxylic acids is 2. The molecule has 0 N–H and O–H groups in total. The summed E-state index contributed by atoms with van der Waals surface area (Å²) in [4.78, 5) is 36.8. The molecule has 6 rings (SSSR count). The number of benzene rings is 1. The number of aromatic nitrogens is 2. The van der Waals surface area contributed by atoms with Crippen LogP contribution < -0.4 is 4.74 Å². The lowest BCUT2D eigenvalue weighted by atomic mass is 10.0. The molecule has 2 aromatic heterocycles. The number of halogens is 2. The van der Waals surface area contributed by atoms with Gasteiger partial charge in [-0.15, -0.1) is 0 Å². The number of likely N-dealkylation sites (N-methyl/N-ethyl adjacent to an activating group) is 1. The van der Waals surface area contributed by atoms with Crippen molar-refractivity contribution in [3.8, 4) is 11.9 Å². The molecule has 0 bridgehead atoms. The van der Waals surface area contributed by atoms with Crippen LogP contribution in [0, 0.1) is 17.1 Å². The Morgan fingerprint density at radius 2 is 1.89 bits per heavy atom. The van der Waals surface area contributed by atoms with Crippen LogP contribution >= 0.6 is 15.9 Å². The molecule has 2 amide bonds. The highest BCUT2D eigenvalue weighted by Crippen LogP contribution is 2.45. The third-order valence-corrected chi connectivity index (χ3v) is 10.6. The predicted molar refractivity (Wildman–Crippen MR) is 181 cm³/mol. The van der Waals surface area contributed by atoms with Gasteiger partial charge in [0.05, 0.1) is 33.5 Å². The molecule has 10 nitrogen and oxygen atoms in total. The van der Waals surface area contributed by atoms with Crippen molar-refractivity contribution >= 4 is 49.7 Å². The Morgan fingerprint density at radius 1 is 1.13 bits per heavy atom. The van der Waals surface area contributed by atoms with Gasteiger partial charge in [-0.1, -0.05) is 0 Å². The van der Waals surface area contributed by atoms with Crippen molar-refractivity contribution in [2.24, 2.45) is 0 Å². The van der Waals surface area contributed by atoms with Gasteiger partial charge in [0.15, 0.2) is 5.82 Å². The lowest BCUT2D eigenvalue weighted by Gasteiger charge is -2.28. The molecular weight excluding hydrogens is 667 g/mol. The minimum atomic E-state index is -0.626. The second-order valence-electron chi connectivity index (χ2n) is 14.2. The van der Waals surface area contributed by atoms with Crippen molar-refractivity contribution in [2.45, 2.75) is 96.4 Å². The summed E-state index contributed by atoms with van der Waals surface area (Å²) in [5.74, 6) is -0.135. The minimum Gasteiger partial charge on any atom is -0.476 e. The summed E-state index contributed by atoms with van der Waals surface area (Å²) in [5, 5.41) is 10.7. The average Bonchev–Trinajstić information content (AvgIpc) is 3.82. The van der Waals surface area contributed by atoms with E-state index in [4.69, 9.17) is 14.5 Å². The topological polar surface area (TPSA) is 104 Å². The molecule has 3 atom stereocenters. The third-order valence-electron chi connectivity index (χ3n) is 9.79. The van der Waals surface area contributed by atoms with E-state index in [9.17, 15) is 14.9 Å². The van der Waals surface area contributed by atoms with Crippen LogP contribution in [0.15, 0.2) is 16.6 Å². The van der Waals surface area contributed by atoms with E-state index < -0.39 is 11.4 Å². The summed E-state index contributed by atoms with van der Waals surface area (Å²) in [6.07, 6.45) is 4.69. The van der Waals surface area contributed by atoms with Crippen molar-refractivity contribution < 1.29 is 23.5 Å². The van der Waals surface area contributed by atoms with Crippen LogP contribution in [0.3, 0.4) is 0 Å². The van der Waals surface area contributed by atoms with Gasteiger partial charge >= 0.3 is 6.09 Å². The summed E-state index contributed by atoms with van der Waals surface area (Å²) in [5.41, 5.74) is 1.95. The number of likely N-dealkylation sites (tertiary alicyclic amines) is 3. The van der Waals surface area contributed by atoms with Crippen molar-refractivity contribution in [1.29, 1.82) is 5.26 Å². The monoisotopic (exact) mass is 710 g/mol. The van der Waals surface area contributed by atoms with E-state index in [1.807, 2.05) is 31.7 Å². The zero-order valence-corrected chi connectivity index (χ0v) is 29.5. The van der Waals surface area contributed by atoms with Crippen LogP contribution in [0.5, 0.6) is 5.88 Å². The van der Waals surface area contributed by atoms with E-state index >= 15 is 4.39 Å². The summed E-state index contributed by atoms with van der Waals surface area (Å²) in [7, 11) is 2.09. The summed E-state index contributed by atoms with van der Waals surface area (Å²) in [6, 6.07) is 6.08. The first kappa shape index (κ1) is 33.5. The second-order valence-corrected chi connectivity index (χ2v) is 15.0. The molecule has 3 aromatic rings. The fourth-order valence-electron chi connectivity index (χ4n) is 7.50. The normalized spacial score (nSPS) is 22.0. The molecule has 3 saturated heterocycles. The highest BCUT2D eigenvalue weighted by molar-refractivity contribution is 9.10. The lowest BCUT2D eigenvalue weighted by molar-refractivity contribution is -0.129. The van der Waals surface area contributed by atoms with Gasteiger partial charge in [-0.3, -0.25) is 4.79 Å². The van der Waals surface area contributed by atoms with E-state index in [1.165, 1.54) is 0 Å². The number of ether oxygens (including phenoxy) is 2. The molecule has 1 aromatic carbocycles. The van der Waals surface area contributed by atoms with E-state index in [0.717, 1.165) is 48.8 Å². The van der Waals surface area contributed by atoms with Gasteiger partial charge in [0.2, 0.25) is 11.8 Å². The summed E-state index contributed by atoms with van der Waals surface area (Å²) < 4.78 is 31.1. The van der Waals surface area contributed by atoms with Gasteiger partial charge in [0.1, 0.15) is 17.7 Å². The van der Waals surface area contributed by atoms with Gasteiger partial charge in [-0.25, -0.2) is 14.2 Å². The molecule has 3 fully saturated rings. The first-order valence-electron chi connectivity index (χ1n) is 16.7. The van der Waals surface area contributed by atoms with Crippen molar-refractivity contribution in [1.82, 2.24) is 24.3 Å². The fourth-order valence-corrected chi connectivity index (χ4v) is 8.00. The van der Waals surface area contributed by atoms with Crippen LogP contribution in [0.2, 0.25) is 0 Å². The highest BCUT2D eigenvalue weighted by atomic mass is 79.9. The average molecular weight is 712 g/mol. The molecule has 0 radical (unpaired) electrons. The first-order chi connectivity index (χ1) is 22.4. The Balaban J connectivity index is 1.57. The Bertz CT molecular complexity index is 1750. The van der Waals surface area contributed by atoms with Gasteiger partial charge in [0, 0.05) is 50.1 Å². The summed E-state index contributed by atoms with van der Waals surface area (Å²) >= 11 is 3.46. The quantitative estimate of drug-likeness (QED) is 0.263. The molecule has 3 aliphatic heterocycles. The van der Waals surface area contributed by atoms with Crippen molar-refractivity contribution in [3.63, 3.8) is 0 Å². The number of hydrogen-bond acceptors (Lipinski definition) is 7. The van der Waals surface area contributed by atoms with Gasteiger partial charge in [-0.05, 0) is 107 Å². The molecular formula is C35H44BrFN6O4. The van der Waals surface area contributed by atoms with Crippen LogP contribution in [-0.4, -0.2) is 87.7 Å². The van der Waals surface area contributed by atoms with Gasteiger partial charge in [-0.2, -0.15) is 5.26 Å². The van der Waals surface area contributed by atoms with E-state index in [2.05, 4.69) is 44.6 Å². The molecule has 47 heavy (non-hydrogen) atoms. The van der Waals surface area contributed by atoms with Crippen LogP contribution in [0.4, 0.5) is 9.18 Å². The Kier molecular flexibility index (Phi) is 9.42. The molecule has 252 valence electrons. The van der Waals surface area contributed by atoms with Crippen molar-refractivity contribution in [2.75, 3.05) is 39.8 Å². The molecule has 5 heterocycles. The van der Waals surface area contributed by atoms with Crippen molar-refractivity contribution in [3.05, 3.63) is 33.7 Å². The largest absolute Gasteiger partial charge is 0.476 e. The molecule has 3 aliphatic rings. The predicted octanol–water partition coefficient (Wildman–Crippen LogP) is 6.89. The van der Waals surface area contributed by atoms with Gasteiger partial charge in [0.25, 0.3) is 0 Å². The molecule has 12 heteroatoms.